The third kappa shape index (κ3) is 3.64. The molecule has 20 heavy (non-hydrogen) atoms. The first kappa shape index (κ1) is 15.1. The molecule has 0 aliphatic carbocycles. The smallest absolute Gasteiger partial charge is 0.144 e. The molecule has 0 saturated carbocycles. The number of halogens is 3. The van der Waals surface area contributed by atoms with E-state index in [1.54, 1.807) is 0 Å². The van der Waals surface area contributed by atoms with Gasteiger partial charge in [-0.2, -0.15) is 0 Å². The summed E-state index contributed by atoms with van der Waals surface area (Å²) in [6, 6.07) is 12.7. The zero-order valence-electron chi connectivity index (χ0n) is 11.2. The molecular formula is C16H16BrF2N. The zero-order chi connectivity index (χ0) is 14.5. The Balaban J connectivity index is 1.95. The van der Waals surface area contributed by atoms with Crippen molar-refractivity contribution in [2.45, 2.75) is 19.4 Å². The maximum atomic E-state index is 13.8. The van der Waals surface area contributed by atoms with Crippen LogP contribution in [0.2, 0.25) is 0 Å². The van der Waals surface area contributed by atoms with E-state index in [1.807, 2.05) is 30.3 Å². The SMILES string of the molecule is CC(CNCc1c(F)ccc(Br)c1F)c1ccccc1. The molecule has 2 rings (SSSR count). The average Bonchev–Trinajstić information content (AvgIpc) is 2.47. The summed E-state index contributed by atoms with van der Waals surface area (Å²) in [5, 5.41) is 3.11. The van der Waals surface area contributed by atoms with Crippen LogP contribution in [0.5, 0.6) is 0 Å². The van der Waals surface area contributed by atoms with Gasteiger partial charge in [0.15, 0.2) is 0 Å². The minimum Gasteiger partial charge on any atom is -0.312 e. The second-order valence-electron chi connectivity index (χ2n) is 4.76. The molecule has 2 aromatic carbocycles. The molecule has 0 amide bonds. The standard InChI is InChI=1S/C16H16BrF2N/c1-11(12-5-3-2-4-6-12)9-20-10-13-15(18)8-7-14(17)16(13)19/h2-8,11,20H,9-10H2,1H3. The van der Waals surface area contributed by atoms with E-state index in [-0.39, 0.29) is 22.5 Å². The van der Waals surface area contributed by atoms with Crippen molar-refractivity contribution < 1.29 is 8.78 Å². The third-order valence-corrected chi connectivity index (χ3v) is 3.87. The first-order valence-electron chi connectivity index (χ1n) is 6.47. The Bertz CT molecular complexity index is 572. The summed E-state index contributed by atoms with van der Waals surface area (Å²) in [6.07, 6.45) is 0. The Labute approximate surface area is 126 Å². The lowest BCUT2D eigenvalue weighted by Crippen LogP contribution is -2.21. The van der Waals surface area contributed by atoms with Crippen LogP contribution in [-0.4, -0.2) is 6.54 Å². The van der Waals surface area contributed by atoms with E-state index in [4.69, 9.17) is 0 Å². The van der Waals surface area contributed by atoms with Gasteiger partial charge >= 0.3 is 0 Å². The van der Waals surface area contributed by atoms with E-state index < -0.39 is 11.6 Å². The number of rotatable bonds is 5. The van der Waals surface area contributed by atoms with Crippen molar-refractivity contribution in [1.29, 1.82) is 0 Å². The van der Waals surface area contributed by atoms with Crippen LogP contribution >= 0.6 is 15.9 Å². The summed E-state index contributed by atoms with van der Waals surface area (Å²) < 4.78 is 27.6. The molecule has 1 nitrogen and oxygen atoms in total. The number of hydrogen-bond acceptors (Lipinski definition) is 1. The molecule has 1 N–H and O–H groups in total. The lowest BCUT2D eigenvalue weighted by molar-refractivity contribution is 0.523. The molecule has 0 fully saturated rings. The van der Waals surface area contributed by atoms with Crippen LogP contribution in [0.4, 0.5) is 8.78 Å². The van der Waals surface area contributed by atoms with Crippen LogP contribution < -0.4 is 5.32 Å². The van der Waals surface area contributed by atoms with E-state index in [1.165, 1.54) is 17.7 Å². The summed E-state index contributed by atoms with van der Waals surface area (Å²) in [5.74, 6) is -0.773. The van der Waals surface area contributed by atoms with Gasteiger partial charge in [0.1, 0.15) is 11.6 Å². The Morgan fingerprint density at radius 2 is 1.80 bits per heavy atom. The fraction of sp³-hybridized carbons (Fsp3) is 0.250. The Hall–Kier alpha value is -1.26. The van der Waals surface area contributed by atoms with E-state index in [0.29, 0.717) is 6.54 Å². The molecule has 4 heteroatoms. The largest absolute Gasteiger partial charge is 0.312 e. The van der Waals surface area contributed by atoms with Crippen molar-refractivity contribution in [3.8, 4) is 0 Å². The van der Waals surface area contributed by atoms with Gasteiger partial charge in [-0.15, -0.1) is 0 Å². The molecule has 0 spiro atoms. The van der Waals surface area contributed by atoms with Crippen molar-refractivity contribution in [3.63, 3.8) is 0 Å². The van der Waals surface area contributed by atoms with Crippen molar-refractivity contribution in [2.75, 3.05) is 6.54 Å². The van der Waals surface area contributed by atoms with Crippen LogP contribution in [0.15, 0.2) is 46.9 Å². The van der Waals surface area contributed by atoms with Crippen LogP contribution in [-0.2, 0) is 6.54 Å². The second kappa shape index (κ2) is 6.95. The van der Waals surface area contributed by atoms with Crippen LogP contribution in [0, 0.1) is 11.6 Å². The van der Waals surface area contributed by atoms with E-state index in [2.05, 4.69) is 28.2 Å². The summed E-state index contributed by atoms with van der Waals surface area (Å²) in [4.78, 5) is 0. The molecular weight excluding hydrogens is 324 g/mol. The normalized spacial score (nSPS) is 12.4. The fourth-order valence-electron chi connectivity index (χ4n) is 2.04. The highest BCUT2D eigenvalue weighted by Gasteiger charge is 2.12. The minimum absolute atomic E-state index is 0.0691. The monoisotopic (exact) mass is 339 g/mol. The van der Waals surface area contributed by atoms with Crippen LogP contribution in [0.1, 0.15) is 24.0 Å². The quantitative estimate of drug-likeness (QED) is 0.783. The van der Waals surface area contributed by atoms with Gasteiger partial charge in [-0.05, 0) is 39.5 Å². The van der Waals surface area contributed by atoms with E-state index >= 15 is 0 Å². The highest BCUT2D eigenvalue weighted by atomic mass is 79.9. The lowest BCUT2D eigenvalue weighted by Gasteiger charge is -2.14. The lowest BCUT2D eigenvalue weighted by atomic mass is 10.0. The second-order valence-corrected chi connectivity index (χ2v) is 5.62. The van der Waals surface area contributed by atoms with Gasteiger partial charge in [-0.3, -0.25) is 0 Å². The van der Waals surface area contributed by atoms with Gasteiger partial charge in [0.25, 0.3) is 0 Å². The molecule has 0 bridgehead atoms. The van der Waals surface area contributed by atoms with Crippen molar-refractivity contribution in [3.05, 3.63) is 69.7 Å². The topological polar surface area (TPSA) is 12.0 Å². The van der Waals surface area contributed by atoms with E-state index in [9.17, 15) is 8.78 Å². The van der Waals surface area contributed by atoms with Crippen LogP contribution in [0.25, 0.3) is 0 Å². The van der Waals surface area contributed by atoms with Gasteiger partial charge in [-0.25, -0.2) is 8.78 Å². The highest BCUT2D eigenvalue weighted by molar-refractivity contribution is 9.10. The minimum atomic E-state index is -0.537. The molecule has 0 saturated heterocycles. The molecule has 1 atom stereocenters. The first-order chi connectivity index (χ1) is 9.59. The molecule has 0 radical (unpaired) electrons. The Morgan fingerprint density at radius 1 is 1.10 bits per heavy atom. The number of benzene rings is 2. The van der Waals surface area contributed by atoms with Crippen LogP contribution in [0.3, 0.4) is 0 Å². The van der Waals surface area contributed by atoms with Crippen molar-refractivity contribution >= 4 is 15.9 Å². The molecule has 106 valence electrons. The molecule has 1 unspecified atom stereocenters. The fourth-order valence-corrected chi connectivity index (χ4v) is 2.42. The molecule has 0 heterocycles. The Kier molecular flexibility index (Phi) is 5.26. The van der Waals surface area contributed by atoms with Gasteiger partial charge < -0.3 is 5.32 Å². The predicted molar refractivity (Wildman–Crippen MR) is 80.6 cm³/mol. The van der Waals surface area contributed by atoms with Gasteiger partial charge in [0.05, 0.1) is 4.47 Å². The van der Waals surface area contributed by atoms with Crippen molar-refractivity contribution in [2.24, 2.45) is 0 Å². The number of nitrogens with one attached hydrogen (secondary N) is 1. The summed E-state index contributed by atoms with van der Waals surface area (Å²) in [6.45, 7) is 2.92. The summed E-state index contributed by atoms with van der Waals surface area (Å²) in [7, 11) is 0. The maximum absolute atomic E-state index is 13.8. The highest BCUT2D eigenvalue weighted by Crippen LogP contribution is 2.21. The van der Waals surface area contributed by atoms with E-state index in [0.717, 1.165) is 0 Å². The molecule has 0 aliphatic rings. The molecule has 2 aromatic rings. The Morgan fingerprint density at radius 3 is 2.50 bits per heavy atom. The average molecular weight is 340 g/mol. The van der Waals surface area contributed by atoms with Crippen molar-refractivity contribution in [1.82, 2.24) is 5.32 Å². The third-order valence-electron chi connectivity index (χ3n) is 3.26. The van der Waals surface area contributed by atoms with Gasteiger partial charge in [0, 0.05) is 18.7 Å². The maximum Gasteiger partial charge on any atom is 0.144 e. The predicted octanol–water partition coefficient (Wildman–Crippen LogP) is 4.62. The number of hydrogen-bond donors (Lipinski definition) is 1. The zero-order valence-corrected chi connectivity index (χ0v) is 12.8. The van der Waals surface area contributed by atoms with Gasteiger partial charge in [-0.1, -0.05) is 37.3 Å². The summed E-state index contributed by atoms with van der Waals surface area (Å²) in [5.41, 5.74) is 1.27. The summed E-state index contributed by atoms with van der Waals surface area (Å²) >= 11 is 3.07. The first-order valence-corrected chi connectivity index (χ1v) is 7.27. The molecule has 0 aromatic heterocycles. The van der Waals surface area contributed by atoms with Gasteiger partial charge in [0.2, 0.25) is 0 Å². The molecule has 0 aliphatic heterocycles.